The summed E-state index contributed by atoms with van der Waals surface area (Å²) in [6.45, 7) is 0. The smallest absolute Gasteiger partial charge is 0.416 e. The highest BCUT2D eigenvalue weighted by Crippen LogP contribution is 2.34. The maximum atomic E-state index is 13.0. The summed E-state index contributed by atoms with van der Waals surface area (Å²) in [5.41, 5.74) is -0.631. The molecule has 6 nitrogen and oxygen atoms in total. The van der Waals surface area contributed by atoms with Gasteiger partial charge in [-0.1, -0.05) is 0 Å². The van der Waals surface area contributed by atoms with Gasteiger partial charge in [0.15, 0.2) is 5.82 Å². The molecule has 9 heteroatoms. The van der Waals surface area contributed by atoms with E-state index in [4.69, 9.17) is 9.15 Å². The topological polar surface area (TPSA) is 66.0 Å². The average molecular weight is 336 g/mol. The van der Waals surface area contributed by atoms with Crippen molar-refractivity contribution in [3.63, 3.8) is 0 Å². The van der Waals surface area contributed by atoms with Crippen molar-refractivity contribution in [2.45, 2.75) is 6.18 Å². The number of benzene rings is 1. The molecule has 0 radical (unpaired) electrons. The average Bonchev–Trinajstić information content (AvgIpc) is 3.23. The van der Waals surface area contributed by atoms with Crippen molar-refractivity contribution < 1.29 is 22.3 Å². The number of nitrogens with zero attached hydrogens (tertiary/aromatic N) is 4. The Balaban J connectivity index is 1.92. The first-order valence-corrected chi connectivity index (χ1v) is 6.71. The van der Waals surface area contributed by atoms with E-state index in [1.807, 2.05) is 0 Å². The lowest BCUT2D eigenvalue weighted by molar-refractivity contribution is -0.137. The van der Waals surface area contributed by atoms with Crippen LogP contribution in [0.1, 0.15) is 11.5 Å². The summed E-state index contributed by atoms with van der Waals surface area (Å²) in [7, 11) is 1.30. The predicted molar refractivity (Wildman–Crippen MR) is 78.7 cm³/mol. The number of hydrogen-bond acceptors (Lipinski definition) is 5. The van der Waals surface area contributed by atoms with Crippen molar-refractivity contribution in [3.05, 3.63) is 48.4 Å². The van der Waals surface area contributed by atoms with Crippen molar-refractivity contribution in [2.24, 2.45) is 0 Å². The Hall–Kier alpha value is -3.10. The maximum absolute atomic E-state index is 13.0. The number of aromatic nitrogens is 4. The van der Waals surface area contributed by atoms with Crippen LogP contribution >= 0.6 is 0 Å². The summed E-state index contributed by atoms with van der Waals surface area (Å²) in [4.78, 5) is 7.91. The molecule has 0 aliphatic rings. The second kappa shape index (κ2) is 6.19. The highest BCUT2D eigenvalue weighted by molar-refractivity contribution is 5.60. The Morgan fingerprint density at radius 3 is 2.71 bits per heavy atom. The number of rotatable bonds is 4. The van der Waals surface area contributed by atoms with Gasteiger partial charge in [-0.15, -0.1) is 5.10 Å². The second-order valence-corrected chi connectivity index (χ2v) is 4.68. The summed E-state index contributed by atoms with van der Waals surface area (Å²) in [5, 5.41) is 4.10. The highest BCUT2D eigenvalue weighted by atomic mass is 19.4. The van der Waals surface area contributed by atoms with E-state index >= 15 is 0 Å². The Kier molecular flexibility index (Phi) is 4.07. The van der Waals surface area contributed by atoms with Crippen molar-refractivity contribution in [2.75, 3.05) is 7.11 Å². The van der Waals surface area contributed by atoms with Crippen LogP contribution in [-0.4, -0.2) is 26.9 Å². The summed E-state index contributed by atoms with van der Waals surface area (Å²) in [5.74, 6) is 0.579. The van der Waals surface area contributed by atoms with E-state index in [-0.39, 0.29) is 17.1 Å². The lowest BCUT2D eigenvalue weighted by Crippen LogP contribution is -2.05. The van der Waals surface area contributed by atoms with Crippen molar-refractivity contribution in [3.8, 4) is 17.1 Å². The SMILES string of the molecule is COc1cc(-c2ncn(/C=C\c3ncco3)n2)cc(C(F)(F)F)c1. The monoisotopic (exact) mass is 336 g/mol. The van der Waals surface area contributed by atoms with Gasteiger partial charge in [0.05, 0.1) is 18.9 Å². The van der Waals surface area contributed by atoms with Gasteiger partial charge in [-0.3, -0.25) is 0 Å². The molecule has 1 aromatic carbocycles. The van der Waals surface area contributed by atoms with E-state index in [2.05, 4.69) is 15.1 Å². The number of oxazole rings is 1. The number of methoxy groups -OCH3 is 1. The molecule has 0 atom stereocenters. The fourth-order valence-corrected chi connectivity index (χ4v) is 1.95. The minimum absolute atomic E-state index is 0.0755. The predicted octanol–water partition coefficient (Wildman–Crippen LogP) is 3.59. The van der Waals surface area contributed by atoms with E-state index in [1.54, 1.807) is 6.08 Å². The molecular weight excluding hydrogens is 325 g/mol. The van der Waals surface area contributed by atoms with Crippen molar-refractivity contribution in [1.29, 1.82) is 0 Å². The first-order valence-electron chi connectivity index (χ1n) is 6.71. The van der Waals surface area contributed by atoms with Gasteiger partial charge < -0.3 is 9.15 Å². The van der Waals surface area contributed by atoms with Crippen molar-refractivity contribution >= 4 is 12.3 Å². The van der Waals surface area contributed by atoms with Gasteiger partial charge >= 0.3 is 6.18 Å². The molecule has 0 aliphatic heterocycles. The van der Waals surface area contributed by atoms with E-state index in [9.17, 15) is 13.2 Å². The molecule has 2 aromatic heterocycles. The van der Waals surface area contributed by atoms with E-state index in [0.29, 0.717) is 5.89 Å². The van der Waals surface area contributed by atoms with Gasteiger partial charge in [-0.25, -0.2) is 14.6 Å². The van der Waals surface area contributed by atoms with E-state index in [1.165, 1.54) is 42.8 Å². The molecule has 0 unspecified atom stereocenters. The lowest BCUT2D eigenvalue weighted by atomic mass is 10.1. The Labute approximate surface area is 134 Å². The molecule has 0 saturated carbocycles. The normalized spacial score (nSPS) is 12.0. The molecule has 0 spiro atoms. The minimum atomic E-state index is -4.49. The van der Waals surface area contributed by atoms with Gasteiger partial charge in [-0.05, 0) is 18.2 Å². The van der Waals surface area contributed by atoms with Crippen LogP contribution in [0.4, 0.5) is 13.2 Å². The summed E-state index contributed by atoms with van der Waals surface area (Å²) in [6.07, 6.45) is 2.85. The standard InChI is InChI=1S/C15H11F3N4O2/c1-23-12-7-10(6-11(8-12)15(16,17)18)14-20-9-22(21-14)4-2-13-19-3-5-24-13/h2-9H,1H3/b4-2-. The van der Waals surface area contributed by atoms with Crippen LogP contribution in [0.15, 0.2) is 41.4 Å². The molecule has 24 heavy (non-hydrogen) atoms. The molecule has 124 valence electrons. The number of hydrogen-bond donors (Lipinski definition) is 0. The van der Waals surface area contributed by atoms with Crippen LogP contribution in [0.5, 0.6) is 5.75 Å². The summed E-state index contributed by atoms with van der Waals surface area (Å²) in [6, 6.07) is 3.33. The van der Waals surface area contributed by atoms with Gasteiger partial charge in [0.1, 0.15) is 18.3 Å². The Morgan fingerprint density at radius 2 is 2.04 bits per heavy atom. The van der Waals surface area contributed by atoms with E-state index < -0.39 is 11.7 Å². The zero-order chi connectivity index (χ0) is 17.2. The van der Waals surface area contributed by atoms with Crippen LogP contribution < -0.4 is 4.74 Å². The number of alkyl halides is 3. The van der Waals surface area contributed by atoms with Crippen LogP contribution in [0.2, 0.25) is 0 Å². The van der Waals surface area contributed by atoms with Gasteiger partial charge in [0.2, 0.25) is 5.89 Å². The molecule has 0 N–H and O–H groups in total. The fraction of sp³-hybridized carbons (Fsp3) is 0.133. The molecule has 0 amide bonds. The summed E-state index contributed by atoms with van der Waals surface area (Å²) < 4.78 is 50.1. The third-order valence-electron chi connectivity index (χ3n) is 3.06. The van der Waals surface area contributed by atoms with Gasteiger partial charge in [0, 0.05) is 17.8 Å². The molecule has 0 aliphatic carbocycles. The molecule has 3 aromatic rings. The molecule has 2 heterocycles. The maximum Gasteiger partial charge on any atom is 0.416 e. The van der Waals surface area contributed by atoms with Crippen LogP contribution in [-0.2, 0) is 6.18 Å². The fourth-order valence-electron chi connectivity index (χ4n) is 1.95. The highest BCUT2D eigenvalue weighted by Gasteiger charge is 2.31. The molecule has 0 saturated heterocycles. The Morgan fingerprint density at radius 1 is 1.21 bits per heavy atom. The van der Waals surface area contributed by atoms with Crippen LogP contribution in [0.3, 0.4) is 0 Å². The zero-order valence-corrected chi connectivity index (χ0v) is 12.4. The third kappa shape index (κ3) is 3.45. The van der Waals surface area contributed by atoms with E-state index in [0.717, 1.165) is 12.1 Å². The quantitative estimate of drug-likeness (QED) is 0.728. The first kappa shape index (κ1) is 15.8. The molecule has 3 rings (SSSR count). The second-order valence-electron chi connectivity index (χ2n) is 4.68. The first-order chi connectivity index (χ1) is 11.5. The van der Waals surface area contributed by atoms with Crippen molar-refractivity contribution in [1.82, 2.24) is 19.7 Å². The van der Waals surface area contributed by atoms with Gasteiger partial charge in [0.25, 0.3) is 0 Å². The third-order valence-corrected chi connectivity index (χ3v) is 3.06. The van der Waals surface area contributed by atoms with Gasteiger partial charge in [-0.2, -0.15) is 13.2 Å². The van der Waals surface area contributed by atoms with Crippen LogP contribution in [0.25, 0.3) is 23.7 Å². The van der Waals surface area contributed by atoms with Crippen LogP contribution in [0, 0.1) is 0 Å². The lowest BCUT2D eigenvalue weighted by Gasteiger charge is -2.10. The molecule has 0 fully saturated rings. The summed E-state index contributed by atoms with van der Waals surface area (Å²) >= 11 is 0. The number of ether oxygens (including phenoxy) is 1. The number of halogens is 3. The zero-order valence-electron chi connectivity index (χ0n) is 12.4. The molecular formula is C15H11F3N4O2. The molecule has 0 bridgehead atoms. The largest absolute Gasteiger partial charge is 0.497 e. The minimum Gasteiger partial charge on any atom is -0.497 e. The Bertz CT molecular complexity index is 854.